The van der Waals surface area contributed by atoms with E-state index >= 15 is 0 Å². The number of aromatic nitrogens is 1. The topological polar surface area (TPSA) is 97.8 Å². The van der Waals surface area contributed by atoms with E-state index in [0.717, 1.165) is 0 Å². The zero-order chi connectivity index (χ0) is 11.4. The lowest BCUT2D eigenvalue weighted by molar-refractivity contribution is 0.176. The molecular weight excluding hydrogens is 200 g/mol. The van der Waals surface area contributed by atoms with Crippen LogP contribution in [0.3, 0.4) is 0 Å². The Morgan fingerprint density at radius 2 is 2.13 bits per heavy atom. The maximum absolute atomic E-state index is 9.59. The third-order valence-corrected chi connectivity index (χ3v) is 1.97. The summed E-state index contributed by atoms with van der Waals surface area (Å²) in [6.07, 6.45) is 0.159. The maximum Gasteiger partial charge on any atom is 0.257 e. The molecule has 0 amide bonds. The van der Waals surface area contributed by atoms with Gasteiger partial charge >= 0.3 is 0 Å². The number of aliphatic hydroxyl groups excluding tert-OH is 1. The Hall–Kier alpha value is -1.53. The fourth-order valence-corrected chi connectivity index (χ4v) is 1.26. The minimum atomic E-state index is -1.02. The number of ether oxygens (including phenoxy) is 2. The molecule has 15 heavy (non-hydrogen) atoms. The molecule has 0 saturated carbocycles. The maximum atomic E-state index is 9.59. The number of nitrogens with zero attached hydrogens (tertiary/aromatic N) is 1. The van der Waals surface area contributed by atoms with E-state index in [9.17, 15) is 10.2 Å². The van der Waals surface area contributed by atoms with E-state index in [1.807, 2.05) is 0 Å². The highest BCUT2D eigenvalue weighted by Gasteiger charge is 2.21. The molecule has 1 unspecified atom stereocenters. The molecule has 0 aliphatic carbocycles. The van der Waals surface area contributed by atoms with Crippen LogP contribution in [0, 0.1) is 0 Å². The Morgan fingerprint density at radius 1 is 1.47 bits per heavy atom. The summed E-state index contributed by atoms with van der Waals surface area (Å²) >= 11 is 0. The smallest absolute Gasteiger partial charge is 0.257 e. The van der Waals surface area contributed by atoms with Crippen LogP contribution in [0.4, 0.5) is 0 Å². The number of pyridine rings is 1. The molecule has 6 nitrogen and oxygen atoms in total. The first-order valence-corrected chi connectivity index (χ1v) is 4.33. The molecule has 1 atom stereocenters. The van der Waals surface area contributed by atoms with Crippen LogP contribution in [0.25, 0.3) is 0 Å². The van der Waals surface area contributed by atoms with Gasteiger partial charge in [-0.05, 0) is 0 Å². The Bertz CT molecular complexity index is 343. The molecule has 1 heterocycles. The van der Waals surface area contributed by atoms with Gasteiger partial charge in [-0.1, -0.05) is 0 Å². The fraction of sp³-hybridized carbons (Fsp3) is 0.444. The largest absolute Gasteiger partial charge is 0.506 e. The van der Waals surface area contributed by atoms with Gasteiger partial charge in [0, 0.05) is 6.54 Å². The van der Waals surface area contributed by atoms with Crippen LogP contribution < -0.4 is 15.2 Å². The summed E-state index contributed by atoms with van der Waals surface area (Å²) < 4.78 is 9.94. The molecule has 0 fully saturated rings. The minimum absolute atomic E-state index is 0.0307. The lowest BCUT2D eigenvalue weighted by Gasteiger charge is -2.16. The van der Waals surface area contributed by atoms with Crippen LogP contribution in [0.2, 0.25) is 0 Å². The van der Waals surface area contributed by atoms with Crippen molar-refractivity contribution in [3.63, 3.8) is 0 Å². The van der Waals surface area contributed by atoms with Gasteiger partial charge in [0.25, 0.3) is 5.88 Å². The quantitative estimate of drug-likeness (QED) is 0.642. The number of rotatable bonds is 4. The minimum Gasteiger partial charge on any atom is -0.506 e. The fourth-order valence-electron chi connectivity index (χ4n) is 1.26. The summed E-state index contributed by atoms with van der Waals surface area (Å²) in [4.78, 5) is 3.80. The lowest BCUT2D eigenvalue weighted by Crippen LogP contribution is -2.13. The van der Waals surface area contributed by atoms with Crippen molar-refractivity contribution in [2.45, 2.75) is 6.10 Å². The summed E-state index contributed by atoms with van der Waals surface area (Å²) in [5.74, 6) is 0.207. The number of methoxy groups -OCH3 is 2. The summed E-state index contributed by atoms with van der Waals surface area (Å²) in [5, 5.41) is 19.1. The molecule has 0 aromatic carbocycles. The second kappa shape index (κ2) is 4.81. The molecule has 0 aliphatic heterocycles. The second-order valence-corrected chi connectivity index (χ2v) is 2.85. The zero-order valence-corrected chi connectivity index (χ0v) is 8.60. The molecule has 6 heteroatoms. The first kappa shape index (κ1) is 11.5. The van der Waals surface area contributed by atoms with E-state index < -0.39 is 6.10 Å². The van der Waals surface area contributed by atoms with Crippen LogP contribution >= 0.6 is 0 Å². The molecule has 0 radical (unpaired) electrons. The number of aromatic hydroxyl groups is 1. The third kappa shape index (κ3) is 2.11. The second-order valence-electron chi connectivity index (χ2n) is 2.85. The van der Waals surface area contributed by atoms with Crippen molar-refractivity contribution in [1.29, 1.82) is 0 Å². The van der Waals surface area contributed by atoms with E-state index in [2.05, 4.69) is 4.98 Å². The van der Waals surface area contributed by atoms with Crippen molar-refractivity contribution in [3.05, 3.63) is 11.8 Å². The molecular formula is C9H14N2O4. The van der Waals surface area contributed by atoms with Crippen molar-refractivity contribution in [2.24, 2.45) is 5.73 Å². The molecule has 0 spiro atoms. The number of hydrogen-bond donors (Lipinski definition) is 3. The molecule has 4 N–H and O–H groups in total. The van der Waals surface area contributed by atoms with Crippen molar-refractivity contribution < 1.29 is 19.7 Å². The van der Waals surface area contributed by atoms with Gasteiger partial charge < -0.3 is 25.4 Å². The summed E-state index contributed by atoms with van der Waals surface area (Å²) in [5.41, 5.74) is 5.50. The number of aliphatic hydroxyl groups is 1. The van der Waals surface area contributed by atoms with Gasteiger partial charge in [-0.3, -0.25) is 0 Å². The van der Waals surface area contributed by atoms with E-state index in [1.54, 1.807) is 0 Å². The highest BCUT2D eigenvalue weighted by molar-refractivity contribution is 5.50. The van der Waals surface area contributed by atoms with Gasteiger partial charge in [-0.2, -0.15) is 0 Å². The Morgan fingerprint density at radius 3 is 2.60 bits per heavy atom. The average Bonchev–Trinajstić information content (AvgIpc) is 2.27. The van der Waals surface area contributed by atoms with E-state index in [-0.39, 0.29) is 29.5 Å². The lowest BCUT2D eigenvalue weighted by atomic mass is 10.1. The number of hydrogen-bond acceptors (Lipinski definition) is 6. The van der Waals surface area contributed by atoms with E-state index in [1.165, 1.54) is 20.4 Å². The Labute approximate surface area is 87.3 Å². The van der Waals surface area contributed by atoms with Gasteiger partial charge in [0.1, 0.15) is 5.75 Å². The highest BCUT2D eigenvalue weighted by Crippen LogP contribution is 2.38. The standard InChI is InChI=1S/C9H14N2O4/c1-14-8-7(5(12)3-10)6(13)4-11-9(8)15-2/h4-5,12-13H,3,10H2,1-2H3. The predicted octanol–water partition coefficient (Wildman–Crippen LogP) is -0.204. The van der Waals surface area contributed by atoms with Crippen LogP contribution in [0.15, 0.2) is 6.20 Å². The molecule has 0 saturated heterocycles. The summed E-state index contributed by atoms with van der Waals surface area (Å²) in [7, 11) is 2.81. The monoisotopic (exact) mass is 214 g/mol. The van der Waals surface area contributed by atoms with Crippen LogP contribution in [0.5, 0.6) is 17.4 Å². The highest BCUT2D eigenvalue weighted by atomic mass is 16.5. The van der Waals surface area contributed by atoms with Crippen LogP contribution in [-0.4, -0.2) is 36.0 Å². The number of nitrogens with two attached hydrogens (primary N) is 1. The van der Waals surface area contributed by atoms with E-state index in [0.29, 0.717) is 0 Å². The van der Waals surface area contributed by atoms with Crippen molar-refractivity contribution in [3.8, 4) is 17.4 Å². The summed E-state index contributed by atoms with van der Waals surface area (Å²) in [6, 6.07) is 0. The van der Waals surface area contributed by atoms with E-state index in [4.69, 9.17) is 15.2 Å². The molecule has 0 bridgehead atoms. The van der Waals surface area contributed by atoms with Gasteiger partial charge in [-0.15, -0.1) is 0 Å². The Kier molecular flexibility index (Phi) is 3.70. The third-order valence-electron chi connectivity index (χ3n) is 1.97. The molecule has 1 rings (SSSR count). The summed E-state index contributed by atoms with van der Waals surface area (Å²) in [6.45, 7) is -0.0307. The van der Waals surface area contributed by atoms with Gasteiger partial charge in [0.15, 0.2) is 5.75 Å². The first-order valence-electron chi connectivity index (χ1n) is 4.33. The van der Waals surface area contributed by atoms with Crippen molar-refractivity contribution >= 4 is 0 Å². The molecule has 84 valence electrons. The van der Waals surface area contributed by atoms with Crippen molar-refractivity contribution in [2.75, 3.05) is 20.8 Å². The van der Waals surface area contributed by atoms with Gasteiger partial charge in [0.2, 0.25) is 0 Å². The first-order chi connectivity index (χ1) is 7.15. The van der Waals surface area contributed by atoms with Crippen LogP contribution in [-0.2, 0) is 0 Å². The van der Waals surface area contributed by atoms with Gasteiger partial charge in [-0.25, -0.2) is 4.98 Å². The molecule has 1 aromatic rings. The predicted molar refractivity (Wildman–Crippen MR) is 53.0 cm³/mol. The zero-order valence-electron chi connectivity index (χ0n) is 8.60. The van der Waals surface area contributed by atoms with Crippen LogP contribution in [0.1, 0.15) is 11.7 Å². The van der Waals surface area contributed by atoms with Crippen molar-refractivity contribution in [1.82, 2.24) is 4.98 Å². The van der Waals surface area contributed by atoms with Gasteiger partial charge in [0.05, 0.1) is 32.1 Å². The molecule has 1 aromatic heterocycles. The Balaban J connectivity index is 3.31. The average molecular weight is 214 g/mol. The SMILES string of the molecule is COc1ncc(O)c(C(O)CN)c1OC. The normalized spacial score (nSPS) is 12.3. The molecule has 0 aliphatic rings.